The SMILES string of the molecule is COc1ccc(C(=O)Oc2ccc3ccccc3c2/C=N\NC(=O)C(=O)Nc2ccc(Cl)c(Cl)c2)cc1OC. The first-order chi connectivity index (χ1) is 18.8. The number of carbonyl (C=O) groups is 3. The fourth-order valence-electron chi connectivity index (χ4n) is 3.59. The molecule has 9 nitrogen and oxygen atoms in total. The van der Waals surface area contributed by atoms with Gasteiger partial charge in [0.25, 0.3) is 0 Å². The molecule has 0 heterocycles. The van der Waals surface area contributed by atoms with Crippen LogP contribution in [0.3, 0.4) is 0 Å². The van der Waals surface area contributed by atoms with E-state index >= 15 is 0 Å². The molecule has 0 saturated carbocycles. The van der Waals surface area contributed by atoms with Crippen LogP contribution >= 0.6 is 23.2 Å². The van der Waals surface area contributed by atoms with E-state index in [-0.39, 0.29) is 22.0 Å². The van der Waals surface area contributed by atoms with E-state index in [2.05, 4.69) is 15.8 Å². The fourth-order valence-corrected chi connectivity index (χ4v) is 3.89. The summed E-state index contributed by atoms with van der Waals surface area (Å²) < 4.78 is 16.1. The number of fused-ring (bicyclic) bond motifs is 1. The number of esters is 1. The average molecular weight is 566 g/mol. The molecule has 0 aliphatic heterocycles. The van der Waals surface area contributed by atoms with Crippen LogP contribution in [-0.2, 0) is 9.59 Å². The van der Waals surface area contributed by atoms with Gasteiger partial charge in [-0.15, -0.1) is 0 Å². The molecule has 0 atom stereocenters. The highest BCUT2D eigenvalue weighted by Crippen LogP contribution is 2.30. The Kier molecular flexibility index (Phi) is 8.65. The second-order valence-corrected chi connectivity index (χ2v) is 8.75. The number of nitrogens with zero attached hydrogens (tertiary/aromatic N) is 1. The maximum atomic E-state index is 13.0. The van der Waals surface area contributed by atoms with Crippen LogP contribution < -0.4 is 25.0 Å². The van der Waals surface area contributed by atoms with Gasteiger partial charge in [-0.1, -0.05) is 53.5 Å². The number of rotatable bonds is 7. The van der Waals surface area contributed by atoms with Crippen molar-refractivity contribution in [1.29, 1.82) is 0 Å². The highest BCUT2D eigenvalue weighted by Gasteiger charge is 2.17. The van der Waals surface area contributed by atoms with Crippen molar-refractivity contribution in [2.24, 2.45) is 5.10 Å². The molecule has 0 spiro atoms. The Morgan fingerprint density at radius 2 is 1.54 bits per heavy atom. The summed E-state index contributed by atoms with van der Waals surface area (Å²) in [6.07, 6.45) is 1.30. The lowest BCUT2D eigenvalue weighted by molar-refractivity contribution is -0.136. The lowest BCUT2D eigenvalue weighted by Crippen LogP contribution is -2.32. The number of benzene rings is 4. The quantitative estimate of drug-likeness (QED) is 0.101. The Hall–Kier alpha value is -4.60. The molecule has 4 rings (SSSR count). The average Bonchev–Trinajstić information content (AvgIpc) is 2.95. The van der Waals surface area contributed by atoms with Crippen LogP contribution in [0.15, 0.2) is 77.9 Å². The molecule has 2 N–H and O–H groups in total. The first kappa shape index (κ1) is 27.4. The Morgan fingerprint density at radius 3 is 2.28 bits per heavy atom. The Labute approximate surface area is 233 Å². The van der Waals surface area contributed by atoms with Gasteiger partial charge in [-0.3, -0.25) is 9.59 Å². The van der Waals surface area contributed by atoms with Crippen molar-refractivity contribution in [1.82, 2.24) is 5.43 Å². The van der Waals surface area contributed by atoms with Gasteiger partial charge in [0.2, 0.25) is 0 Å². The molecule has 198 valence electrons. The summed E-state index contributed by atoms with van der Waals surface area (Å²) in [6, 6.07) is 19.8. The summed E-state index contributed by atoms with van der Waals surface area (Å²) in [4.78, 5) is 37.5. The zero-order valence-corrected chi connectivity index (χ0v) is 22.2. The third-order valence-electron chi connectivity index (χ3n) is 5.50. The van der Waals surface area contributed by atoms with Gasteiger partial charge in [0.15, 0.2) is 11.5 Å². The molecule has 4 aromatic rings. The highest BCUT2D eigenvalue weighted by atomic mass is 35.5. The van der Waals surface area contributed by atoms with Gasteiger partial charge < -0.3 is 19.5 Å². The van der Waals surface area contributed by atoms with Crippen LogP contribution in [0, 0.1) is 0 Å². The summed E-state index contributed by atoms with van der Waals surface area (Å²) in [6.45, 7) is 0. The van der Waals surface area contributed by atoms with Crippen molar-refractivity contribution in [3.8, 4) is 17.2 Å². The zero-order valence-electron chi connectivity index (χ0n) is 20.7. The molecule has 0 aliphatic carbocycles. The molecule has 0 bridgehead atoms. The van der Waals surface area contributed by atoms with Gasteiger partial charge in [0.1, 0.15) is 5.75 Å². The monoisotopic (exact) mass is 565 g/mol. The van der Waals surface area contributed by atoms with Crippen molar-refractivity contribution in [3.63, 3.8) is 0 Å². The van der Waals surface area contributed by atoms with Crippen LogP contribution in [0.2, 0.25) is 10.0 Å². The van der Waals surface area contributed by atoms with Crippen LogP contribution in [0.5, 0.6) is 17.2 Å². The Bertz CT molecular complexity index is 1610. The summed E-state index contributed by atoms with van der Waals surface area (Å²) in [5.41, 5.74) is 3.10. The van der Waals surface area contributed by atoms with Gasteiger partial charge in [-0.25, -0.2) is 10.2 Å². The number of hydrogen-bond acceptors (Lipinski definition) is 7. The third kappa shape index (κ3) is 6.46. The van der Waals surface area contributed by atoms with Crippen LogP contribution in [0.1, 0.15) is 15.9 Å². The lowest BCUT2D eigenvalue weighted by atomic mass is 10.0. The topological polar surface area (TPSA) is 115 Å². The van der Waals surface area contributed by atoms with Crippen molar-refractivity contribution in [2.45, 2.75) is 0 Å². The molecule has 4 aromatic carbocycles. The van der Waals surface area contributed by atoms with Crippen LogP contribution in [-0.4, -0.2) is 38.2 Å². The molecule has 39 heavy (non-hydrogen) atoms. The Morgan fingerprint density at radius 1 is 0.795 bits per heavy atom. The number of anilines is 1. The van der Waals surface area contributed by atoms with E-state index in [4.69, 9.17) is 37.4 Å². The first-order valence-electron chi connectivity index (χ1n) is 11.4. The fraction of sp³-hybridized carbons (Fsp3) is 0.0714. The predicted molar refractivity (Wildman–Crippen MR) is 149 cm³/mol. The lowest BCUT2D eigenvalue weighted by Gasteiger charge is -2.12. The zero-order chi connectivity index (χ0) is 27.9. The number of halogens is 2. The largest absolute Gasteiger partial charge is 0.493 e. The maximum absolute atomic E-state index is 13.0. The summed E-state index contributed by atoms with van der Waals surface area (Å²) >= 11 is 11.8. The van der Waals surface area contributed by atoms with Crippen LogP contribution in [0.4, 0.5) is 5.69 Å². The molecule has 11 heteroatoms. The molecular formula is C28H21Cl2N3O6. The molecule has 0 unspecified atom stereocenters. The van der Waals surface area contributed by atoms with E-state index in [0.717, 1.165) is 5.39 Å². The van der Waals surface area contributed by atoms with Gasteiger partial charge in [0, 0.05) is 11.3 Å². The number of methoxy groups -OCH3 is 2. The second kappa shape index (κ2) is 12.3. The predicted octanol–water partition coefficient (Wildman–Crippen LogP) is 5.47. The van der Waals surface area contributed by atoms with Gasteiger partial charge in [0.05, 0.1) is 36.0 Å². The minimum Gasteiger partial charge on any atom is -0.493 e. The minimum atomic E-state index is -1.03. The third-order valence-corrected chi connectivity index (χ3v) is 6.24. The Balaban J connectivity index is 1.55. The number of nitrogens with one attached hydrogen (secondary N) is 2. The molecule has 2 amide bonds. The normalized spacial score (nSPS) is 10.8. The highest BCUT2D eigenvalue weighted by molar-refractivity contribution is 6.43. The van der Waals surface area contributed by atoms with Crippen molar-refractivity contribution in [3.05, 3.63) is 94.0 Å². The maximum Gasteiger partial charge on any atom is 0.343 e. The summed E-state index contributed by atoms with van der Waals surface area (Å²) in [5, 5.41) is 8.39. The molecule has 0 aliphatic rings. The van der Waals surface area contributed by atoms with Gasteiger partial charge >= 0.3 is 17.8 Å². The van der Waals surface area contributed by atoms with E-state index in [0.29, 0.717) is 27.5 Å². The summed E-state index contributed by atoms with van der Waals surface area (Å²) in [7, 11) is 2.95. The van der Waals surface area contributed by atoms with Crippen molar-refractivity contribution >= 4 is 63.7 Å². The van der Waals surface area contributed by atoms with E-state index in [1.54, 1.807) is 24.3 Å². The molecule has 0 aromatic heterocycles. The summed E-state index contributed by atoms with van der Waals surface area (Å²) in [5.74, 6) is -1.62. The van der Waals surface area contributed by atoms with Gasteiger partial charge in [-0.05, 0) is 53.2 Å². The number of amides is 2. The second-order valence-electron chi connectivity index (χ2n) is 7.94. The van der Waals surface area contributed by atoms with Crippen molar-refractivity contribution in [2.75, 3.05) is 19.5 Å². The molecule has 0 fully saturated rings. The first-order valence-corrected chi connectivity index (χ1v) is 12.1. The molecular weight excluding hydrogens is 545 g/mol. The van der Waals surface area contributed by atoms with E-state index in [9.17, 15) is 14.4 Å². The van der Waals surface area contributed by atoms with E-state index in [1.807, 2.05) is 24.3 Å². The number of carbonyl (C=O) groups excluding carboxylic acids is 3. The standard InChI is InChI=1S/C28H21Cl2N3O6/c1-37-24-12-8-17(13-25(24)38-2)28(36)39-23-11-7-16-5-3-4-6-19(16)20(23)15-31-33-27(35)26(34)32-18-9-10-21(29)22(30)14-18/h3-15H,1-2H3,(H,32,34)(H,33,35)/b31-15-. The molecule has 0 saturated heterocycles. The minimum absolute atomic E-state index is 0.187. The van der Waals surface area contributed by atoms with Gasteiger partial charge in [-0.2, -0.15) is 5.10 Å². The number of ether oxygens (including phenoxy) is 3. The smallest absolute Gasteiger partial charge is 0.343 e. The van der Waals surface area contributed by atoms with Crippen LogP contribution in [0.25, 0.3) is 10.8 Å². The number of hydrogen-bond donors (Lipinski definition) is 2. The molecule has 0 radical (unpaired) electrons. The van der Waals surface area contributed by atoms with E-state index in [1.165, 1.54) is 44.7 Å². The number of hydrazone groups is 1. The van der Waals surface area contributed by atoms with Crippen molar-refractivity contribution < 1.29 is 28.6 Å². The van der Waals surface area contributed by atoms with E-state index < -0.39 is 17.8 Å².